The van der Waals surface area contributed by atoms with Crippen molar-refractivity contribution in [3.63, 3.8) is 0 Å². The van der Waals surface area contributed by atoms with E-state index in [0.717, 1.165) is 4.88 Å². The fourth-order valence-corrected chi connectivity index (χ4v) is 6.49. The molecule has 2 unspecified atom stereocenters. The maximum absolute atomic E-state index is 14.8. The van der Waals surface area contributed by atoms with Crippen LogP contribution in [0.2, 0.25) is 0 Å². The molecule has 0 saturated carbocycles. The number of benzene rings is 2. The van der Waals surface area contributed by atoms with E-state index < -0.39 is 16.7 Å². The Morgan fingerprint density at radius 1 is 1.25 bits per heavy atom. The number of nitrogens with two attached hydrogens (primary N) is 1. The second kappa shape index (κ2) is 10.7. The standard InChI is InChI=1S/C25H24FN3O5S2/c1-13(30)21-8-9-22(35-21)24-23(28-25(27)36-24)17(14-4-6-20(34-3)18(26)12-14)11-15-10-16(29(31)32)5-7-19(15)33-2/h4-8,10,12,17,22H,9,11H2,1-3H3,(H2,27,28). The molecule has 1 aliphatic rings. The summed E-state index contributed by atoms with van der Waals surface area (Å²) in [5.41, 5.74) is 7.90. The molecule has 2 atom stereocenters. The Bertz CT molecular complexity index is 1360. The van der Waals surface area contributed by atoms with Crippen molar-refractivity contribution >= 4 is 39.7 Å². The number of rotatable bonds is 9. The third-order valence-electron chi connectivity index (χ3n) is 5.93. The van der Waals surface area contributed by atoms with Gasteiger partial charge in [0, 0.05) is 38.6 Å². The van der Waals surface area contributed by atoms with Crippen molar-refractivity contribution in [1.82, 2.24) is 4.98 Å². The van der Waals surface area contributed by atoms with E-state index in [-0.39, 0.29) is 28.9 Å². The zero-order valence-corrected chi connectivity index (χ0v) is 21.5. The molecule has 3 aromatic rings. The van der Waals surface area contributed by atoms with Gasteiger partial charge in [-0.25, -0.2) is 9.37 Å². The average molecular weight is 530 g/mol. The van der Waals surface area contributed by atoms with Crippen LogP contribution < -0.4 is 15.2 Å². The molecule has 4 rings (SSSR count). The molecular formula is C25H24FN3O5S2. The Balaban J connectivity index is 1.83. The summed E-state index contributed by atoms with van der Waals surface area (Å²) in [4.78, 5) is 29.1. The van der Waals surface area contributed by atoms with Gasteiger partial charge in [-0.2, -0.15) is 0 Å². The molecule has 1 aliphatic heterocycles. The minimum Gasteiger partial charge on any atom is -0.496 e. The van der Waals surface area contributed by atoms with Crippen LogP contribution >= 0.6 is 23.1 Å². The third kappa shape index (κ3) is 5.21. The number of nitro groups is 1. The first-order valence-corrected chi connectivity index (χ1v) is 12.7. The number of non-ortho nitro benzene ring substituents is 1. The number of anilines is 1. The SMILES string of the molecule is COc1ccc(C(Cc2cc([N+](=O)[O-])ccc2OC)c2nc(N)sc2C2CC=C(C(C)=O)S2)cc1F. The maximum Gasteiger partial charge on any atom is 0.269 e. The molecule has 0 spiro atoms. The van der Waals surface area contributed by atoms with Crippen molar-refractivity contribution in [2.75, 3.05) is 20.0 Å². The molecule has 188 valence electrons. The smallest absolute Gasteiger partial charge is 0.269 e. The monoisotopic (exact) mass is 529 g/mol. The highest BCUT2D eigenvalue weighted by Crippen LogP contribution is 2.50. The predicted molar refractivity (Wildman–Crippen MR) is 138 cm³/mol. The molecule has 0 amide bonds. The van der Waals surface area contributed by atoms with E-state index in [0.29, 0.717) is 39.0 Å². The highest BCUT2D eigenvalue weighted by molar-refractivity contribution is 8.04. The van der Waals surface area contributed by atoms with Crippen LogP contribution in [0.4, 0.5) is 15.2 Å². The first-order valence-electron chi connectivity index (χ1n) is 11.0. The van der Waals surface area contributed by atoms with Crippen LogP contribution in [-0.2, 0) is 11.2 Å². The number of aromatic nitrogens is 1. The van der Waals surface area contributed by atoms with Crippen LogP contribution in [-0.4, -0.2) is 29.9 Å². The minimum absolute atomic E-state index is 0.00311. The Morgan fingerprint density at radius 3 is 2.58 bits per heavy atom. The quantitative estimate of drug-likeness (QED) is 0.272. The lowest BCUT2D eigenvalue weighted by molar-refractivity contribution is -0.384. The lowest BCUT2D eigenvalue weighted by Crippen LogP contribution is -2.11. The molecule has 0 aliphatic carbocycles. The van der Waals surface area contributed by atoms with E-state index in [1.165, 1.54) is 68.5 Å². The highest BCUT2D eigenvalue weighted by atomic mass is 32.2. The summed E-state index contributed by atoms with van der Waals surface area (Å²) in [6.45, 7) is 1.53. The predicted octanol–water partition coefficient (Wildman–Crippen LogP) is 5.82. The molecule has 2 aromatic carbocycles. The number of ether oxygens (including phenoxy) is 2. The van der Waals surface area contributed by atoms with Gasteiger partial charge in [-0.3, -0.25) is 14.9 Å². The van der Waals surface area contributed by atoms with Crippen LogP contribution in [0.25, 0.3) is 0 Å². The van der Waals surface area contributed by atoms with Gasteiger partial charge in [0.05, 0.1) is 24.8 Å². The zero-order chi connectivity index (χ0) is 26.0. The lowest BCUT2D eigenvalue weighted by atomic mass is 9.87. The molecule has 0 bridgehead atoms. The van der Waals surface area contributed by atoms with Crippen molar-refractivity contribution in [1.29, 1.82) is 0 Å². The molecule has 11 heteroatoms. The van der Waals surface area contributed by atoms with Crippen molar-refractivity contribution in [2.45, 2.75) is 30.9 Å². The number of Topliss-reactive ketones (excluding diaryl/α,β-unsaturated/α-hetero) is 1. The number of thioether (sulfide) groups is 1. The topological polar surface area (TPSA) is 118 Å². The molecule has 1 aromatic heterocycles. The highest BCUT2D eigenvalue weighted by Gasteiger charge is 2.32. The number of nitrogens with zero attached hydrogens (tertiary/aromatic N) is 2. The summed E-state index contributed by atoms with van der Waals surface area (Å²) in [5, 5.41) is 11.7. The molecule has 0 fully saturated rings. The molecule has 0 saturated heterocycles. The second-order valence-electron chi connectivity index (χ2n) is 8.17. The molecule has 8 nitrogen and oxygen atoms in total. The van der Waals surface area contributed by atoms with Crippen LogP contribution in [0, 0.1) is 15.9 Å². The summed E-state index contributed by atoms with van der Waals surface area (Å²) in [7, 11) is 2.88. The van der Waals surface area contributed by atoms with Gasteiger partial charge in [0.15, 0.2) is 22.5 Å². The van der Waals surface area contributed by atoms with E-state index in [9.17, 15) is 19.3 Å². The number of allylic oxidation sites excluding steroid dienone is 2. The number of carbonyl (C=O) groups excluding carboxylic acids is 1. The van der Waals surface area contributed by atoms with Crippen molar-refractivity contribution < 1.29 is 23.6 Å². The molecular weight excluding hydrogens is 505 g/mol. The molecule has 2 heterocycles. The first kappa shape index (κ1) is 25.6. The average Bonchev–Trinajstić information content (AvgIpc) is 3.49. The number of hydrogen-bond acceptors (Lipinski definition) is 9. The van der Waals surface area contributed by atoms with Crippen molar-refractivity contribution in [2.24, 2.45) is 0 Å². The normalized spacial score (nSPS) is 15.9. The van der Waals surface area contributed by atoms with Gasteiger partial charge in [-0.15, -0.1) is 23.1 Å². The largest absolute Gasteiger partial charge is 0.496 e. The Morgan fingerprint density at radius 2 is 1.97 bits per heavy atom. The number of carbonyl (C=O) groups is 1. The van der Waals surface area contributed by atoms with E-state index in [4.69, 9.17) is 15.2 Å². The van der Waals surface area contributed by atoms with Gasteiger partial charge in [0.1, 0.15) is 5.75 Å². The number of nitrogen functional groups attached to an aromatic ring is 1. The Kier molecular flexibility index (Phi) is 7.60. The number of methoxy groups -OCH3 is 2. The summed E-state index contributed by atoms with van der Waals surface area (Å²) in [5.74, 6) is -0.458. The molecule has 0 radical (unpaired) electrons. The third-order valence-corrected chi connectivity index (χ3v) is 8.51. The number of nitro benzene ring substituents is 1. The fourth-order valence-electron chi connectivity index (χ4n) is 4.22. The lowest BCUT2D eigenvalue weighted by Gasteiger charge is -2.21. The molecule has 2 N–H and O–H groups in total. The van der Waals surface area contributed by atoms with E-state index in [2.05, 4.69) is 4.98 Å². The van der Waals surface area contributed by atoms with Gasteiger partial charge >= 0.3 is 0 Å². The van der Waals surface area contributed by atoms with Crippen LogP contribution in [0.1, 0.15) is 46.2 Å². The number of halogens is 1. The van der Waals surface area contributed by atoms with Crippen LogP contribution in [0.15, 0.2) is 47.4 Å². The van der Waals surface area contributed by atoms with Gasteiger partial charge in [0.2, 0.25) is 0 Å². The second-order valence-corrected chi connectivity index (χ2v) is 10.5. The maximum atomic E-state index is 14.8. The summed E-state index contributed by atoms with van der Waals surface area (Å²) in [6, 6.07) is 9.05. The van der Waals surface area contributed by atoms with Crippen molar-refractivity contribution in [3.05, 3.63) is 85.0 Å². The van der Waals surface area contributed by atoms with Crippen LogP contribution in [0.5, 0.6) is 11.5 Å². The van der Waals surface area contributed by atoms with E-state index >= 15 is 0 Å². The van der Waals surface area contributed by atoms with Gasteiger partial charge in [-0.1, -0.05) is 12.1 Å². The minimum atomic E-state index is -0.536. The van der Waals surface area contributed by atoms with Crippen LogP contribution in [0.3, 0.4) is 0 Å². The molecule has 36 heavy (non-hydrogen) atoms. The Hall–Kier alpha value is -3.44. The number of ketones is 1. The first-order chi connectivity index (χ1) is 17.2. The summed E-state index contributed by atoms with van der Waals surface area (Å²) >= 11 is 2.79. The summed E-state index contributed by atoms with van der Waals surface area (Å²) in [6.07, 6.45) is 2.79. The zero-order valence-electron chi connectivity index (χ0n) is 19.8. The fraction of sp³-hybridized carbons (Fsp3) is 0.280. The van der Waals surface area contributed by atoms with Gasteiger partial charge < -0.3 is 15.2 Å². The summed E-state index contributed by atoms with van der Waals surface area (Å²) < 4.78 is 25.4. The van der Waals surface area contributed by atoms with E-state index in [1.54, 1.807) is 12.1 Å². The Labute approximate surface area is 215 Å². The van der Waals surface area contributed by atoms with Crippen molar-refractivity contribution in [3.8, 4) is 11.5 Å². The van der Waals surface area contributed by atoms with E-state index in [1.807, 2.05) is 6.08 Å². The number of hydrogen-bond donors (Lipinski definition) is 1. The number of thiazole rings is 1. The van der Waals surface area contributed by atoms with Gasteiger partial charge in [0.25, 0.3) is 5.69 Å². The van der Waals surface area contributed by atoms with Gasteiger partial charge in [-0.05, 0) is 43.5 Å².